The van der Waals surface area contributed by atoms with Crippen molar-refractivity contribution in [1.82, 2.24) is 5.32 Å². The number of aryl methyl sites for hydroxylation is 1. The Balaban J connectivity index is 2.18. The summed E-state index contributed by atoms with van der Waals surface area (Å²) in [6.45, 7) is 9.35. The van der Waals surface area contributed by atoms with Gasteiger partial charge in [0, 0.05) is 6.54 Å². The molecular weight excluding hydrogens is 222 g/mol. The predicted octanol–water partition coefficient (Wildman–Crippen LogP) is 3.65. The minimum absolute atomic E-state index is 0.697. The van der Waals surface area contributed by atoms with Crippen molar-refractivity contribution in [3.05, 3.63) is 29.8 Å². The third-order valence-electron chi connectivity index (χ3n) is 2.84. The molecule has 0 spiro atoms. The van der Waals surface area contributed by atoms with Crippen LogP contribution in [0.15, 0.2) is 24.3 Å². The molecule has 0 unspecified atom stereocenters. The lowest BCUT2D eigenvalue weighted by molar-refractivity contribution is 0.311. The molecule has 0 bridgehead atoms. The van der Waals surface area contributed by atoms with Gasteiger partial charge in [0.25, 0.3) is 0 Å². The maximum Gasteiger partial charge on any atom is 0.119 e. The first-order valence-corrected chi connectivity index (χ1v) is 7.14. The minimum atomic E-state index is 0.697. The van der Waals surface area contributed by atoms with Crippen LogP contribution in [0.1, 0.15) is 39.2 Å². The topological polar surface area (TPSA) is 21.3 Å². The van der Waals surface area contributed by atoms with Crippen LogP contribution in [0.25, 0.3) is 0 Å². The highest BCUT2D eigenvalue weighted by atomic mass is 16.5. The molecule has 0 aliphatic rings. The van der Waals surface area contributed by atoms with Crippen LogP contribution in [0, 0.1) is 5.92 Å². The average Bonchev–Trinajstić information content (AvgIpc) is 2.37. The molecule has 1 aromatic carbocycles. The highest BCUT2D eigenvalue weighted by Crippen LogP contribution is 2.13. The normalized spacial score (nSPS) is 10.9. The van der Waals surface area contributed by atoms with Gasteiger partial charge in [-0.15, -0.1) is 0 Å². The molecule has 0 radical (unpaired) electrons. The Morgan fingerprint density at radius 2 is 1.89 bits per heavy atom. The minimum Gasteiger partial charge on any atom is -0.492 e. The lowest BCUT2D eigenvalue weighted by atomic mass is 10.1. The zero-order valence-electron chi connectivity index (χ0n) is 12.0. The fourth-order valence-electron chi connectivity index (χ4n) is 1.77. The summed E-state index contributed by atoms with van der Waals surface area (Å²) in [5.74, 6) is 1.67. The molecule has 0 heterocycles. The lowest BCUT2D eigenvalue weighted by Gasteiger charge is -2.09. The summed E-state index contributed by atoms with van der Waals surface area (Å²) in [4.78, 5) is 0. The maximum atomic E-state index is 5.68. The van der Waals surface area contributed by atoms with Gasteiger partial charge < -0.3 is 10.1 Å². The molecule has 1 aromatic rings. The Morgan fingerprint density at radius 1 is 1.17 bits per heavy atom. The second-order valence-corrected chi connectivity index (χ2v) is 5.19. The monoisotopic (exact) mass is 249 g/mol. The van der Waals surface area contributed by atoms with Gasteiger partial charge in [-0.1, -0.05) is 39.3 Å². The van der Waals surface area contributed by atoms with Crippen LogP contribution in [-0.2, 0) is 6.42 Å². The van der Waals surface area contributed by atoms with Crippen LogP contribution in [0.3, 0.4) is 0 Å². The molecule has 0 amide bonds. The summed E-state index contributed by atoms with van der Waals surface area (Å²) >= 11 is 0. The Hall–Kier alpha value is -1.02. The predicted molar refractivity (Wildman–Crippen MR) is 78.3 cm³/mol. The summed E-state index contributed by atoms with van der Waals surface area (Å²) in [6, 6.07) is 8.50. The van der Waals surface area contributed by atoms with Crippen molar-refractivity contribution in [3.63, 3.8) is 0 Å². The third-order valence-corrected chi connectivity index (χ3v) is 2.84. The Labute approximate surface area is 112 Å². The summed E-state index contributed by atoms with van der Waals surface area (Å²) in [5.41, 5.74) is 1.40. The third kappa shape index (κ3) is 6.65. The van der Waals surface area contributed by atoms with Crippen molar-refractivity contribution < 1.29 is 4.74 Å². The smallest absolute Gasteiger partial charge is 0.119 e. The van der Waals surface area contributed by atoms with E-state index in [-0.39, 0.29) is 0 Å². The van der Waals surface area contributed by atoms with Crippen molar-refractivity contribution in [2.75, 3.05) is 19.7 Å². The molecule has 0 atom stereocenters. The second-order valence-electron chi connectivity index (χ2n) is 5.19. The fraction of sp³-hybridized carbons (Fsp3) is 0.625. The molecule has 2 heteroatoms. The van der Waals surface area contributed by atoms with E-state index >= 15 is 0 Å². The summed E-state index contributed by atoms with van der Waals surface area (Å²) < 4.78 is 5.68. The Bertz CT molecular complexity index is 305. The van der Waals surface area contributed by atoms with Crippen LogP contribution in [0.2, 0.25) is 0 Å². The van der Waals surface area contributed by atoms with Crippen LogP contribution >= 0.6 is 0 Å². The molecular formula is C16H27NO. The molecule has 0 aliphatic heterocycles. The van der Waals surface area contributed by atoms with E-state index in [0.717, 1.165) is 25.4 Å². The Morgan fingerprint density at radius 3 is 2.50 bits per heavy atom. The van der Waals surface area contributed by atoms with E-state index in [9.17, 15) is 0 Å². The van der Waals surface area contributed by atoms with Crippen molar-refractivity contribution in [3.8, 4) is 5.75 Å². The molecule has 2 nitrogen and oxygen atoms in total. The molecule has 102 valence electrons. The summed E-state index contributed by atoms with van der Waals surface area (Å²) in [6.07, 6.45) is 3.69. The Kier molecular flexibility index (Phi) is 7.51. The van der Waals surface area contributed by atoms with E-state index in [1.54, 1.807) is 0 Å². The zero-order chi connectivity index (χ0) is 13.2. The van der Waals surface area contributed by atoms with Gasteiger partial charge in [-0.25, -0.2) is 0 Å². The van der Waals surface area contributed by atoms with Gasteiger partial charge in [-0.05, 0) is 43.0 Å². The highest BCUT2D eigenvalue weighted by Gasteiger charge is 1.96. The molecule has 0 saturated heterocycles. The van der Waals surface area contributed by atoms with Crippen LogP contribution in [-0.4, -0.2) is 19.7 Å². The van der Waals surface area contributed by atoms with Gasteiger partial charge in [0.1, 0.15) is 12.4 Å². The SMILES string of the molecule is CCCCc1ccc(OCCNCC(C)C)cc1. The molecule has 0 saturated carbocycles. The van der Waals surface area contributed by atoms with Crippen LogP contribution in [0.5, 0.6) is 5.75 Å². The van der Waals surface area contributed by atoms with Crippen LogP contribution < -0.4 is 10.1 Å². The fourth-order valence-corrected chi connectivity index (χ4v) is 1.77. The number of hydrogen-bond acceptors (Lipinski definition) is 2. The molecule has 18 heavy (non-hydrogen) atoms. The van der Waals surface area contributed by atoms with E-state index in [1.807, 2.05) is 0 Å². The number of rotatable bonds is 9. The first-order chi connectivity index (χ1) is 8.72. The maximum absolute atomic E-state index is 5.68. The number of ether oxygens (including phenoxy) is 1. The first-order valence-electron chi connectivity index (χ1n) is 7.14. The molecule has 0 aromatic heterocycles. The van der Waals surface area contributed by atoms with E-state index in [2.05, 4.69) is 50.4 Å². The van der Waals surface area contributed by atoms with Gasteiger partial charge >= 0.3 is 0 Å². The highest BCUT2D eigenvalue weighted by molar-refractivity contribution is 5.27. The molecule has 1 N–H and O–H groups in total. The molecule has 1 rings (SSSR count). The van der Waals surface area contributed by atoms with Gasteiger partial charge in [0.05, 0.1) is 0 Å². The standard InChI is InChI=1S/C16H27NO/c1-4-5-6-15-7-9-16(10-8-15)18-12-11-17-13-14(2)3/h7-10,14,17H,4-6,11-13H2,1-3H3. The van der Waals surface area contributed by atoms with Gasteiger partial charge in [0.15, 0.2) is 0 Å². The summed E-state index contributed by atoms with van der Waals surface area (Å²) in [7, 11) is 0. The van der Waals surface area contributed by atoms with Crippen molar-refractivity contribution >= 4 is 0 Å². The number of hydrogen-bond donors (Lipinski definition) is 1. The number of benzene rings is 1. The van der Waals surface area contributed by atoms with Crippen molar-refractivity contribution in [2.45, 2.75) is 40.0 Å². The number of unbranched alkanes of at least 4 members (excludes halogenated alkanes) is 1. The molecule has 0 fully saturated rings. The quantitative estimate of drug-likeness (QED) is 0.674. The first kappa shape index (κ1) is 15.0. The van der Waals surface area contributed by atoms with Gasteiger partial charge in [-0.2, -0.15) is 0 Å². The molecule has 0 aliphatic carbocycles. The van der Waals surface area contributed by atoms with Crippen molar-refractivity contribution in [1.29, 1.82) is 0 Å². The van der Waals surface area contributed by atoms with E-state index < -0.39 is 0 Å². The van der Waals surface area contributed by atoms with Crippen LogP contribution in [0.4, 0.5) is 0 Å². The van der Waals surface area contributed by atoms with Crippen molar-refractivity contribution in [2.24, 2.45) is 5.92 Å². The van der Waals surface area contributed by atoms with Gasteiger partial charge in [0.2, 0.25) is 0 Å². The lowest BCUT2D eigenvalue weighted by Crippen LogP contribution is -2.24. The average molecular weight is 249 g/mol. The van der Waals surface area contributed by atoms with E-state index in [1.165, 1.54) is 24.8 Å². The van der Waals surface area contributed by atoms with Gasteiger partial charge in [-0.3, -0.25) is 0 Å². The zero-order valence-corrected chi connectivity index (χ0v) is 12.0. The largest absolute Gasteiger partial charge is 0.492 e. The second kappa shape index (κ2) is 8.98. The van der Waals surface area contributed by atoms with E-state index in [0.29, 0.717) is 5.92 Å². The van der Waals surface area contributed by atoms with E-state index in [4.69, 9.17) is 4.74 Å². The number of nitrogens with one attached hydrogen (secondary N) is 1. The summed E-state index contributed by atoms with van der Waals surface area (Å²) in [5, 5.41) is 3.37.